The largest absolute Gasteiger partial charge is 0.0996 e. The Labute approximate surface area is 108 Å². The Morgan fingerprint density at radius 3 is 1.88 bits per heavy atom. The van der Waals surface area contributed by atoms with Gasteiger partial charge in [0, 0.05) is 0 Å². The third-order valence-corrected chi connectivity index (χ3v) is 5.01. The van der Waals surface area contributed by atoms with Crippen LogP contribution in [0.1, 0.15) is 83.5 Å². The van der Waals surface area contributed by atoms with Gasteiger partial charge in [-0.25, -0.2) is 0 Å². The number of hydrogen-bond donors (Lipinski definition) is 0. The molecule has 2 rings (SSSR count). The Kier molecular flexibility index (Phi) is 5.61. The molecule has 0 bridgehead atoms. The monoisotopic (exact) mass is 234 g/mol. The molecule has 2 saturated carbocycles. The Bertz CT molecular complexity index is 220. The van der Waals surface area contributed by atoms with Crippen LogP contribution in [0.15, 0.2) is 12.2 Å². The molecule has 2 aliphatic rings. The summed E-state index contributed by atoms with van der Waals surface area (Å²) in [4.78, 5) is 0. The van der Waals surface area contributed by atoms with E-state index in [-0.39, 0.29) is 0 Å². The smallest absolute Gasteiger partial charge is 0.0178 e. The maximum Gasteiger partial charge on any atom is -0.0178 e. The second-order valence-corrected chi connectivity index (χ2v) is 6.32. The van der Waals surface area contributed by atoms with Crippen molar-refractivity contribution in [2.75, 3.05) is 0 Å². The zero-order valence-corrected chi connectivity index (χ0v) is 11.6. The first kappa shape index (κ1) is 13.2. The number of rotatable bonds is 1. The quantitative estimate of drug-likeness (QED) is 0.497. The molecule has 1 atom stereocenters. The predicted octanol–water partition coefficient (Wildman–Crippen LogP) is 5.87. The van der Waals surface area contributed by atoms with E-state index in [4.69, 9.17) is 0 Å². The van der Waals surface area contributed by atoms with Crippen LogP contribution in [0.25, 0.3) is 0 Å². The molecule has 0 N–H and O–H groups in total. The summed E-state index contributed by atoms with van der Waals surface area (Å²) >= 11 is 0. The molecule has 0 amide bonds. The summed E-state index contributed by atoms with van der Waals surface area (Å²) < 4.78 is 0. The molecule has 0 radical (unpaired) electrons. The van der Waals surface area contributed by atoms with Gasteiger partial charge in [-0.2, -0.15) is 0 Å². The van der Waals surface area contributed by atoms with Crippen molar-refractivity contribution in [1.82, 2.24) is 0 Å². The van der Waals surface area contributed by atoms with Gasteiger partial charge >= 0.3 is 0 Å². The van der Waals surface area contributed by atoms with Crippen LogP contribution in [0.5, 0.6) is 0 Å². The first-order valence-corrected chi connectivity index (χ1v) is 8.05. The zero-order chi connectivity index (χ0) is 11.9. The van der Waals surface area contributed by atoms with E-state index < -0.39 is 0 Å². The van der Waals surface area contributed by atoms with Crippen molar-refractivity contribution < 1.29 is 0 Å². The first-order chi connectivity index (χ1) is 8.38. The minimum atomic E-state index is 0.883. The van der Waals surface area contributed by atoms with E-state index in [1.165, 1.54) is 83.5 Å². The van der Waals surface area contributed by atoms with Gasteiger partial charge in [-0.15, -0.1) is 0 Å². The summed E-state index contributed by atoms with van der Waals surface area (Å²) in [6.45, 7) is 4.43. The highest BCUT2D eigenvalue weighted by Crippen LogP contribution is 2.37. The maximum atomic E-state index is 4.43. The summed E-state index contributed by atoms with van der Waals surface area (Å²) in [6.07, 6.45) is 18.9. The van der Waals surface area contributed by atoms with Gasteiger partial charge in [0.15, 0.2) is 0 Å². The van der Waals surface area contributed by atoms with Gasteiger partial charge in [-0.05, 0) is 43.9 Å². The molecule has 0 nitrogen and oxygen atoms in total. The molecule has 0 aromatic carbocycles. The molecule has 98 valence electrons. The van der Waals surface area contributed by atoms with Crippen molar-refractivity contribution in [3.63, 3.8) is 0 Å². The average Bonchev–Trinajstić information content (AvgIpc) is 2.26. The summed E-state index contributed by atoms with van der Waals surface area (Å²) in [6, 6.07) is 0. The lowest BCUT2D eigenvalue weighted by atomic mass is 9.74. The van der Waals surface area contributed by atoms with E-state index in [1.54, 1.807) is 5.57 Å². The van der Waals surface area contributed by atoms with Crippen LogP contribution in [0, 0.1) is 11.8 Å². The Morgan fingerprint density at radius 2 is 1.18 bits per heavy atom. The van der Waals surface area contributed by atoms with Crippen molar-refractivity contribution >= 4 is 0 Å². The highest BCUT2D eigenvalue weighted by Gasteiger charge is 2.24. The lowest BCUT2D eigenvalue weighted by Crippen LogP contribution is -2.19. The van der Waals surface area contributed by atoms with Crippen molar-refractivity contribution in [2.45, 2.75) is 83.5 Å². The second-order valence-electron chi connectivity index (χ2n) is 6.32. The van der Waals surface area contributed by atoms with E-state index in [1.807, 2.05) is 0 Å². The second kappa shape index (κ2) is 7.24. The molecule has 0 saturated heterocycles. The third kappa shape index (κ3) is 4.16. The molecular weight excluding hydrogens is 204 g/mol. The van der Waals surface area contributed by atoms with Gasteiger partial charge in [-0.3, -0.25) is 0 Å². The normalized spacial score (nSPS) is 30.1. The molecule has 2 aliphatic carbocycles. The molecule has 1 unspecified atom stereocenters. The van der Waals surface area contributed by atoms with Crippen molar-refractivity contribution in [1.29, 1.82) is 0 Å². The summed E-state index contributed by atoms with van der Waals surface area (Å²) in [5, 5.41) is 0. The van der Waals surface area contributed by atoms with Gasteiger partial charge in [0.25, 0.3) is 0 Å². The molecule has 0 aromatic heterocycles. The topological polar surface area (TPSA) is 0 Å². The SMILES string of the molecule is C=C1CCCCCCC1C1CCCCCCC1. The van der Waals surface area contributed by atoms with E-state index in [0.717, 1.165) is 11.8 Å². The lowest BCUT2D eigenvalue weighted by molar-refractivity contribution is 0.266. The molecule has 0 heterocycles. The summed E-state index contributed by atoms with van der Waals surface area (Å²) in [5.74, 6) is 1.87. The standard InChI is InChI=1S/C17H30/c1-15-11-7-5-6-10-14-17(15)16-12-8-3-2-4-9-13-16/h16-17H,1-14H2. The number of allylic oxidation sites excluding steroid dienone is 1. The van der Waals surface area contributed by atoms with E-state index in [0.29, 0.717) is 0 Å². The van der Waals surface area contributed by atoms with Crippen LogP contribution < -0.4 is 0 Å². The maximum absolute atomic E-state index is 4.43. The summed E-state index contributed by atoms with van der Waals surface area (Å²) in [5.41, 5.74) is 1.61. The van der Waals surface area contributed by atoms with Crippen LogP contribution >= 0.6 is 0 Å². The zero-order valence-electron chi connectivity index (χ0n) is 11.6. The van der Waals surface area contributed by atoms with E-state index in [2.05, 4.69) is 6.58 Å². The Balaban J connectivity index is 1.92. The lowest BCUT2D eigenvalue weighted by Gasteiger charge is -2.32. The molecule has 2 fully saturated rings. The minimum Gasteiger partial charge on any atom is -0.0996 e. The first-order valence-electron chi connectivity index (χ1n) is 8.05. The van der Waals surface area contributed by atoms with E-state index in [9.17, 15) is 0 Å². The van der Waals surface area contributed by atoms with Crippen molar-refractivity contribution in [3.05, 3.63) is 12.2 Å². The Morgan fingerprint density at radius 1 is 0.647 bits per heavy atom. The highest BCUT2D eigenvalue weighted by molar-refractivity contribution is 5.03. The third-order valence-electron chi connectivity index (χ3n) is 5.01. The number of hydrogen-bond acceptors (Lipinski definition) is 0. The molecular formula is C17H30. The van der Waals surface area contributed by atoms with Crippen molar-refractivity contribution in [3.8, 4) is 0 Å². The molecule has 0 aromatic rings. The van der Waals surface area contributed by atoms with Crippen LogP contribution in [0.3, 0.4) is 0 Å². The summed E-state index contributed by atoms with van der Waals surface area (Å²) in [7, 11) is 0. The molecule has 17 heavy (non-hydrogen) atoms. The van der Waals surface area contributed by atoms with Gasteiger partial charge in [-0.1, -0.05) is 63.5 Å². The fraction of sp³-hybridized carbons (Fsp3) is 0.882. The van der Waals surface area contributed by atoms with Crippen LogP contribution in [-0.4, -0.2) is 0 Å². The van der Waals surface area contributed by atoms with Crippen molar-refractivity contribution in [2.24, 2.45) is 11.8 Å². The average molecular weight is 234 g/mol. The van der Waals surface area contributed by atoms with Crippen LogP contribution in [0.4, 0.5) is 0 Å². The Hall–Kier alpha value is -0.260. The fourth-order valence-corrected chi connectivity index (χ4v) is 3.92. The van der Waals surface area contributed by atoms with E-state index >= 15 is 0 Å². The van der Waals surface area contributed by atoms with Crippen LogP contribution in [-0.2, 0) is 0 Å². The van der Waals surface area contributed by atoms with Gasteiger partial charge < -0.3 is 0 Å². The molecule has 0 spiro atoms. The minimum absolute atomic E-state index is 0.883. The highest BCUT2D eigenvalue weighted by atomic mass is 14.3. The molecule has 0 aliphatic heterocycles. The van der Waals surface area contributed by atoms with Gasteiger partial charge in [0.05, 0.1) is 0 Å². The van der Waals surface area contributed by atoms with Crippen LogP contribution in [0.2, 0.25) is 0 Å². The molecule has 0 heteroatoms. The van der Waals surface area contributed by atoms with Gasteiger partial charge in [0.2, 0.25) is 0 Å². The predicted molar refractivity (Wildman–Crippen MR) is 76.1 cm³/mol. The fourth-order valence-electron chi connectivity index (χ4n) is 3.92. The van der Waals surface area contributed by atoms with Gasteiger partial charge in [0.1, 0.15) is 0 Å².